The summed E-state index contributed by atoms with van der Waals surface area (Å²) in [5.74, 6) is 0.538. The highest BCUT2D eigenvalue weighted by atomic mass is 14.0. The summed E-state index contributed by atoms with van der Waals surface area (Å²) in [7, 11) is 0. The standard InChI is InChI=1S/C10H19/c1-4-6-7-9-10(3)8-5-2/h5,8,10H,3-4,6-7,9H2,1-2H3/b8-5-. The molecule has 1 atom stereocenters. The molecular weight excluding hydrogens is 120 g/mol. The zero-order chi connectivity index (χ0) is 7.82. The molecule has 10 heavy (non-hydrogen) atoms. The van der Waals surface area contributed by atoms with E-state index in [0.717, 1.165) is 0 Å². The second-order valence-corrected chi connectivity index (χ2v) is 2.78. The Bertz CT molecular complexity index is 82.0. The van der Waals surface area contributed by atoms with Gasteiger partial charge in [-0.3, -0.25) is 0 Å². The van der Waals surface area contributed by atoms with Gasteiger partial charge in [0.15, 0.2) is 0 Å². The smallest absolute Gasteiger partial charge is 0.0233 e. The first-order chi connectivity index (χ1) is 4.81. The summed E-state index contributed by atoms with van der Waals surface area (Å²) in [5, 5.41) is 0. The monoisotopic (exact) mass is 139 g/mol. The van der Waals surface area contributed by atoms with Crippen molar-refractivity contribution in [2.45, 2.75) is 39.5 Å². The summed E-state index contributed by atoms with van der Waals surface area (Å²) in [6.07, 6.45) is 9.50. The highest BCUT2D eigenvalue weighted by Crippen LogP contribution is 2.09. The summed E-state index contributed by atoms with van der Waals surface area (Å²) < 4.78 is 0. The predicted molar refractivity (Wildman–Crippen MR) is 47.8 cm³/mol. The van der Waals surface area contributed by atoms with Crippen LogP contribution in [-0.4, -0.2) is 0 Å². The average molecular weight is 139 g/mol. The highest BCUT2D eigenvalue weighted by Gasteiger charge is 1.94. The van der Waals surface area contributed by atoms with Gasteiger partial charge in [-0.25, -0.2) is 0 Å². The number of hydrogen-bond acceptors (Lipinski definition) is 0. The van der Waals surface area contributed by atoms with Gasteiger partial charge in [0.05, 0.1) is 0 Å². The van der Waals surface area contributed by atoms with Crippen LogP contribution in [0.3, 0.4) is 0 Å². The fourth-order valence-electron chi connectivity index (χ4n) is 1.02. The predicted octanol–water partition coefficient (Wildman–Crippen LogP) is 3.59. The number of rotatable bonds is 5. The first kappa shape index (κ1) is 9.74. The normalized spacial score (nSPS) is 14.3. The van der Waals surface area contributed by atoms with Crippen LogP contribution in [0.2, 0.25) is 0 Å². The molecule has 0 heterocycles. The van der Waals surface area contributed by atoms with Crippen LogP contribution in [0.5, 0.6) is 0 Å². The zero-order valence-electron chi connectivity index (χ0n) is 7.27. The van der Waals surface area contributed by atoms with Gasteiger partial charge >= 0.3 is 0 Å². The summed E-state index contributed by atoms with van der Waals surface area (Å²) in [5.41, 5.74) is 0. The lowest BCUT2D eigenvalue weighted by molar-refractivity contribution is 0.609. The molecule has 0 aromatic rings. The molecule has 0 fully saturated rings. The molecule has 0 heteroatoms. The van der Waals surface area contributed by atoms with Crippen molar-refractivity contribution in [3.8, 4) is 0 Å². The van der Waals surface area contributed by atoms with Crippen LogP contribution < -0.4 is 0 Å². The third kappa shape index (κ3) is 5.87. The molecule has 0 N–H and O–H groups in total. The van der Waals surface area contributed by atoms with E-state index in [9.17, 15) is 0 Å². The van der Waals surface area contributed by atoms with Crippen molar-refractivity contribution in [1.29, 1.82) is 0 Å². The molecule has 1 radical (unpaired) electrons. The van der Waals surface area contributed by atoms with Gasteiger partial charge in [-0.1, -0.05) is 38.3 Å². The summed E-state index contributed by atoms with van der Waals surface area (Å²) in [6.45, 7) is 8.30. The Morgan fingerprint density at radius 2 is 2.10 bits per heavy atom. The number of unbranched alkanes of at least 4 members (excludes halogenated alkanes) is 2. The Kier molecular flexibility index (Phi) is 6.68. The van der Waals surface area contributed by atoms with Gasteiger partial charge in [-0.05, 0) is 26.2 Å². The Balaban J connectivity index is 3.13. The van der Waals surface area contributed by atoms with E-state index in [2.05, 4.69) is 32.9 Å². The van der Waals surface area contributed by atoms with Gasteiger partial charge in [0.1, 0.15) is 0 Å². The Morgan fingerprint density at radius 1 is 1.40 bits per heavy atom. The fraction of sp³-hybridized carbons (Fsp3) is 0.700. The second-order valence-electron chi connectivity index (χ2n) is 2.78. The third-order valence-electron chi connectivity index (χ3n) is 1.64. The Hall–Kier alpha value is -0.260. The van der Waals surface area contributed by atoms with Crippen LogP contribution in [0.1, 0.15) is 39.5 Å². The van der Waals surface area contributed by atoms with E-state index in [1.54, 1.807) is 0 Å². The molecule has 0 spiro atoms. The molecule has 0 aliphatic heterocycles. The summed E-state index contributed by atoms with van der Waals surface area (Å²) in [6, 6.07) is 0. The topological polar surface area (TPSA) is 0 Å². The molecule has 0 bridgehead atoms. The molecule has 0 aromatic heterocycles. The van der Waals surface area contributed by atoms with Crippen LogP contribution in [0.15, 0.2) is 12.2 Å². The van der Waals surface area contributed by atoms with Crippen LogP contribution in [0.4, 0.5) is 0 Å². The van der Waals surface area contributed by atoms with Crippen LogP contribution in [0, 0.1) is 12.8 Å². The Morgan fingerprint density at radius 3 is 2.60 bits per heavy atom. The van der Waals surface area contributed by atoms with Crippen LogP contribution in [0.25, 0.3) is 0 Å². The van der Waals surface area contributed by atoms with Crippen molar-refractivity contribution in [2.75, 3.05) is 0 Å². The third-order valence-corrected chi connectivity index (χ3v) is 1.64. The molecule has 0 nitrogen and oxygen atoms in total. The second kappa shape index (κ2) is 6.85. The first-order valence-electron chi connectivity index (χ1n) is 4.27. The molecule has 0 saturated carbocycles. The van der Waals surface area contributed by atoms with Gasteiger partial charge in [-0.2, -0.15) is 0 Å². The van der Waals surface area contributed by atoms with E-state index < -0.39 is 0 Å². The van der Waals surface area contributed by atoms with Crippen LogP contribution in [-0.2, 0) is 0 Å². The van der Waals surface area contributed by atoms with Gasteiger partial charge < -0.3 is 0 Å². The van der Waals surface area contributed by atoms with Gasteiger partial charge in [0.2, 0.25) is 0 Å². The van der Waals surface area contributed by atoms with Crippen molar-refractivity contribution in [3.63, 3.8) is 0 Å². The van der Waals surface area contributed by atoms with Crippen molar-refractivity contribution in [2.24, 2.45) is 5.92 Å². The van der Waals surface area contributed by atoms with Crippen LogP contribution >= 0.6 is 0 Å². The van der Waals surface area contributed by atoms with Crippen molar-refractivity contribution in [1.82, 2.24) is 0 Å². The van der Waals surface area contributed by atoms with E-state index in [4.69, 9.17) is 0 Å². The molecule has 0 amide bonds. The van der Waals surface area contributed by atoms with Crippen molar-refractivity contribution < 1.29 is 0 Å². The largest absolute Gasteiger partial charge is 0.0914 e. The minimum atomic E-state index is 0.538. The minimum absolute atomic E-state index is 0.538. The maximum atomic E-state index is 4.01. The molecule has 0 aliphatic carbocycles. The lowest BCUT2D eigenvalue weighted by Crippen LogP contribution is -1.88. The molecule has 59 valence electrons. The lowest BCUT2D eigenvalue weighted by atomic mass is 10.0. The van der Waals surface area contributed by atoms with Gasteiger partial charge in [0.25, 0.3) is 0 Å². The first-order valence-corrected chi connectivity index (χ1v) is 4.27. The minimum Gasteiger partial charge on any atom is -0.0914 e. The molecule has 0 aliphatic rings. The number of hydrogen-bond donors (Lipinski definition) is 0. The average Bonchev–Trinajstić information content (AvgIpc) is 1.89. The quantitative estimate of drug-likeness (QED) is 0.403. The fourth-order valence-corrected chi connectivity index (χ4v) is 1.02. The maximum absolute atomic E-state index is 4.01. The van der Waals surface area contributed by atoms with E-state index in [0.29, 0.717) is 5.92 Å². The molecule has 0 rings (SSSR count). The molecular formula is C10H19. The van der Waals surface area contributed by atoms with E-state index in [-0.39, 0.29) is 0 Å². The van der Waals surface area contributed by atoms with Crippen molar-refractivity contribution in [3.05, 3.63) is 19.1 Å². The zero-order valence-corrected chi connectivity index (χ0v) is 7.27. The van der Waals surface area contributed by atoms with E-state index in [1.165, 1.54) is 25.7 Å². The maximum Gasteiger partial charge on any atom is -0.0233 e. The highest BCUT2D eigenvalue weighted by molar-refractivity contribution is 4.86. The van der Waals surface area contributed by atoms with Gasteiger partial charge in [-0.15, -0.1) is 0 Å². The summed E-state index contributed by atoms with van der Waals surface area (Å²) in [4.78, 5) is 0. The summed E-state index contributed by atoms with van der Waals surface area (Å²) >= 11 is 0. The molecule has 1 unspecified atom stereocenters. The lowest BCUT2D eigenvalue weighted by Gasteiger charge is -2.03. The Labute approximate surface area is 65.3 Å². The molecule has 0 saturated heterocycles. The van der Waals surface area contributed by atoms with Gasteiger partial charge in [0, 0.05) is 0 Å². The van der Waals surface area contributed by atoms with Crippen molar-refractivity contribution >= 4 is 0 Å². The SMILES string of the molecule is [CH2]C(/C=C\C)CCCCC. The number of allylic oxidation sites excluding steroid dienone is 2. The van der Waals surface area contributed by atoms with E-state index >= 15 is 0 Å². The molecule has 0 aromatic carbocycles. The van der Waals surface area contributed by atoms with E-state index in [1.807, 2.05) is 0 Å².